The molecule has 2 aromatic rings. The average Bonchev–Trinajstić information content (AvgIpc) is 2.41. The average molecular weight is 274 g/mol. The van der Waals surface area contributed by atoms with Crippen LogP contribution in [0.3, 0.4) is 0 Å². The molecule has 0 aliphatic carbocycles. The Hall–Kier alpha value is -2.36. The first-order valence-electron chi connectivity index (χ1n) is 6.20. The summed E-state index contributed by atoms with van der Waals surface area (Å²) in [6, 6.07) is 9.24. The number of ether oxygens (including phenoxy) is 1. The van der Waals surface area contributed by atoms with Crippen LogP contribution < -0.4 is 4.74 Å². The van der Waals surface area contributed by atoms with Crippen molar-refractivity contribution in [2.45, 2.75) is 20.5 Å². The fourth-order valence-electron chi connectivity index (χ4n) is 1.88. The Morgan fingerprint density at radius 2 is 1.85 bits per heavy atom. The SMILES string of the molecule is CC(=O)c1c(OCc2ccc(F)cc2)ccc(C)c1O. The molecule has 0 saturated carbocycles. The highest BCUT2D eigenvalue weighted by atomic mass is 19.1. The minimum atomic E-state index is -0.314. The Morgan fingerprint density at radius 1 is 1.20 bits per heavy atom. The largest absolute Gasteiger partial charge is 0.507 e. The first kappa shape index (κ1) is 14.1. The van der Waals surface area contributed by atoms with Crippen molar-refractivity contribution < 1.29 is 19.0 Å². The monoisotopic (exact) mass is 274 g/mol. The van der Waals surface area contributed by atoms with Crippen LogP contribution >= 0.6 is 0 Å². The van der Waals surface area contributed by atoms with Crippen LogP contribution in [0.25, 0.3) is 0 Å². The Morgan fingerprint density at radius 3 is 2.45 bits per heavy atom. The maximum atomic E-state index is 12.8. The lowest BCUT2D eigenvalue weighted by atomic mass is 10.1. The number of carbonyl (C=O) groups excluding carboxylic acids is 1. The van der Waals surface area contributed by atoms with E-state index in [-0.39, 0.29) is 29.5 Å². The number of hydrogen-bond acceptors (Lipinski definition) is 3. The zero-order valence-electron chi connectivity index (χ0n) is 11.3. The number of phenolic OH excluding ortho intramolecular Hbond substituents is 1. The van der Waals surface area contributed by atoms with Crippen molar-refractivity contribution in [2.24, 2.45) is 0 Å². The van der Waals surface area contributed by atoms with Gasteiger partial charge in [0.25, 0.3) is 0 Å². The van der Waals surface area contributed by atoms with Crippen LogP contribution in [-0.4, -0.2) is 10.9 Å². The zero-order chi connectivity index (χ0) is 14.7. The van der Waals surface area contributed by atoms with Crippen LogP contribution in [0.1, 0.15) is 28.4 Å². The number of aromatic hydroxyl groups is 1. The molecule has 0 saturated heterocycles. The lowest BCUT2D eigenvalue weighted by Gasteiger charge is -2.12. The predicted molar refractivity (Wildman–Crippen MR) is 73.6 cm³/mol. The number of carbonyl (C=O) groups is 1. The topological polar surface area (TPSA) is 46.5 Å². The number of ketones is 1. The third kappa shape index (κ3) is 2.96. The highest BCUT2D eigenvalue weighted by Crippen LogP contribution is 2.31. The summed E-state index contributed by atoms with van der Waals surface area (Å²) < 4.78 is 18.4. The summed E-state index contributed by atoms with van der Waals surface area (Å²) in [5.74, 6) is -0.314. The highest BCUT2D eigenvalue weighted by Gasteiger charge is 2.16. The van der Waals surface area contributed by atoms with Crippen LogP contribution in [0.15, 0.2) is 36.4 Å². The van der Waals surface area contributed by atoms with Crippen molar-refractivity contribution in [3.05, 3.63) is 58.9 Å². The fraction of sp³-hybridized carbons (Fsp3) is 0.188. The number of halogens is 1. The normalized spacial score (nSPS) is 10.3. The molecule has 4 heteroatoms. The van der Waals surface area contributed by atoms with Gasteiger partial charge in [-0.15, -0.1) is 0 Å². The lowest BCUT2D eigenvalue weighted by Crippen LogP contribution is -2.03. The molecule has 0 heterocycles. The number of hydrogen-bond donors (Lipinski definition) is 1. The van der Waals surface area contributed by atoms with Gasteiger partial charge in [-0.3, -0.25) is 4.79 Å². The summed E-state index contributed by atoms with van der Waals surface area (Å²) in [6.07, 6.45) is 0. The Kier molecular flexibility index (Phi) is 4.03. The van der Waals surface area contributed by atoms with Gasteiger partial charge in [0, 0.05) is 0 Å². The third-order valence-electron chi connectivity index (χ3n) is 3.00. The summed E-state index contributed by atoms with van der Waals surface area (Å²) in [6.45, 7) is 3.29. The second-order valence-corrected chi connectivity index (χ2v) is 4.58. The van der Waals surface area contributed by atoms with E-state index in [4.69, 9.17) is 4.74 Å². The molecule has 0 unspecified atom stereocenters. The Bertz CT molecular complexity index is 633. The van der Waals surface area contributed by atoms with Crippen molar-refractivity contribution in [1.82, 2.24) is 0 Å². The molecular weight excluding hydrogens is 259 g/mol. The highest BCUT2D eigenvalue weighted by molar-refractivity contribution is 5.99. The van der Waals surface area contributed by atoms with E-state index >= 15 is 0 Å². The smallest absolute Gasteiger partial charge is 0.167 e. The molecule has 0 bridgehead atoms. The standard InChI is InChI=1S/C16H15FO3/c1-10-3-8-14(15(11(2)18)16(10)19)20-9-12-4-6-13(17)7-5-12/h3-8,19H,9H2,1-2H3. The molecule has 0 fully saturated rings. The fourth-order valence-corrected chi connectivity index (χ4v) is 1.88. The van der Waals surface area contributed by atoms with E-state index in [1.807, 2.05) is 0 Å². The molecule has 2 aromatic carbocycles. The number of Topliss-reactive ketones (excluding diaryl/α,β-unsaturated/α-hetero) is 1. The molecule has 0 radical (unpaired) electrons. The zero-order valence-corrected chi connectivity index (χ0v) is 11.3. The third-order valence-corrected chi connectivity index (χ3v) is 3.00. The van der Waals surface area contributed by atoms with Gasteiger partial charge in [0.15, 0.2) is 5.78 Å². The predicted octanol–water partition coefficient (Wildman–Crippen LogP) is 3.62. The molecule has 0 aliphatic rings. The Balaban J connectivity index is 2.23. The minimum absolute atomic E-state index is 0.0610. The quantitative estimate of drug-likeness (QED) is 0.866. The summed E-state index contributed by atoms with van der Waals surface area (Å²) in [7, 11) is 0. The van der Waals surface area contributed by atoms with Crippen molar-refractivity contribution in [3.63, 3.8) is 0 Å². The molecule has 20 heavy (non-hydrogen) atoms. The van der Waals surface area contributed by atoms with E-state index in [1.54, 1.807) is 31.2 Å². The van der Waals surface area contributed by atoms with E-state index in [0.717, 1.165) is 5.56 Å². The summed E-state index contributed by atoms with van der Waals surface area (Å²) in [4.78, 5) is 11.6. The van der Waals surface area contributed by atoms with Crippen molar-refractivity contribution in [3.8, 4) is 11.5 Å². The molecule has 0 aromatic heterocycles. The summed E-state index contributed by atoms with van der Waals surface area (Å²) in [5, 5.41) is 9.93. The Labute approximate surface area is 116 Å². The van der Waals surface area contributed by atoms with Gasteiger partial charge in [-0.05, 0) is 43.2 Å². The molecule has 0 amide bonds. The first-order chi connectivity index (χ1) is 9.49. The van der Waals surface area contributed by atoms with Gasteiger partial charge < -0.3 is 9.84 Å². The van der Waals surface area contributed by atoms with Crippen LogP contribution in [-0.2, 0) is 6.61 Å². The number of phenols is 1. The van der Waals surface area contributed by atoms with E-state index in [2.05, 4.69) is 0 Å². The molecule has 2 rings (SSSR count). The van der Waals surface area contributed by atoms with Gasteiger partial charge in [-0.2, -0.15) is 0 Å². The van der Waals surface area contributed by atoms with Crippen molar-refractivity contribution in [1.29, 1.82) is 0 Å². The summed E-state index contributed by atoms with van der Waals surface area (Å²) >= 11 is 0. The molecule has 0 aliphatic heterocycles. The van der Waals surface area contributed by atoms with E-state index in [0.29, 0.717) is 11.3 Å². The van der Waals surface area contributed by atoms with Gasteiger partial charge in [0.05, 0.1) is 0 Å². The van der Waals surface area contributed by atoms with Crippen LogP contribution in [0.4, 0.5) is 4.39 Å². The summed E-state index contributed by atoms with van der Waals surface area (Å²) in [5.41, 5.74) is 1.57. The van der Waals surface area contributed by atoms with Crippen molar-refractivity contribution in [2.75, 3.05) is 0 Å². The van der Waals surface area contributed by atoms with Crippen molar-refractivity contribution >= 4 is 5.78 Å². The first-order valence-corrected chi connectivity index (χ1v) is 6.20. The molecule has 104 valence electrons. The van der Waals surface area contributed by atoms with E-state index in [9.17, 15) is 14.3 Å². The molecular formula is C16H15FO3. The maximum Gasteiger partial charge on any atom is 0.167 e. The number of benzene rings is 2. The molecule has 0 atom stereocenters. The van der Waals surface area contributed by atoms with E-state index in [1.165, 1.54) is 19.1 Å². The number of aryl methyl sites for hydroxylation is 1. The molecule has 0 spiro atoms. The van der Waals surface area contributed by atoms with Gasteiger partial charge >= 0.3 is 0 Å². The van der Waals surface area contributed by atoms with Gasteiger partial charge in [0.1, 0.15) is 29.5 Å². The molecule has 1 N–H and O–H groups in total. The second kappa shape index (κ2) is 5.74. The van der Waals surface area contributed by atoms with Gasteiger partial charge in [-0.1, -0.05) is 18.2 Å². The van der Waals surface area contributed by atoms with Crippen LogP contribution in [0.5, 0.6) is 11.5 Å². The van der Waals surface area contributed by atoms with E-state index < -0.39 is 0 Å². The second-order valence-electron chi connectivity index (χ2n) is 4.58. The maximum absolute atomic E-state index is 12.8. The van der Waals surface area contributed by atoms with Crippen LogP contribution in [0.2, 0.25) is 0 Å². The minimum Gasteiger partial charge on any atom is -0.507 e. The number of rotatable bonds is 4. The molecule has 3 nitrogen and oxygen atoms in total. The van der Waals surface area contributed by atoms with Gasteiger partial charge in [-0.25, -0.2) is 4.39 Å². The van der Waals surface area contributed by atoms with Gasteiger partial charge in [0.2, 0.25) is 0 Å². The van der Waals surface area contributed by atoms with Crippen LogP contribution in [0, 0.1) is 12.7 Å². The lowest BCUT2D eigenvalue weighted by molar-refractivity contribution is 0.101.